The highest BCUT2D eigenvalue weighted by atomic mass is 32.2. The minimum absolute atomic E-state index is 0.0391. The van der Waals surface area contributed by atoms with E-state index in [2.05, 4.69) is 5.32 Å². The normalized spacial score (nSPS) is 20.1. The second-order valence-electron chi connectivity index (χ2n) is 6.24. The Balaban J connectivity index is 2.23. The Labute approximate surface area is 153 Å². The Hall–Kier alpha value is -1.89. The summed E-state index contributed by atoms with van der Waals surface area (Å²) in [5.74, 6) is 1.40. The molecule has 1 fully saturated rings. The van der Waals surface area contributed by atoms with Crippen molar-refractivity contribution in [2.75, 3.05) is 20.8 Å². The summed E-state index contributed by atoms with van der Waals surface area (Å²) in [5, 5.41) is 2.51. The van der Waals surface area contributed by atoms with Crippen LogP contribution in [0.25, 0.3) is 0 Å². The molecule has 6 nitrogen and oxygen atoms in total. The van der Waals surface area contributed by atoms with Crippen LogP contribution in [0.2, 0.25) is 0 Å². The van der Waals surface area contributed by atoms with Gasteiger partial charge >= 0.3 is 0 Å². The number of benzene rings is 1. The van der Waals surface area contributed by atoms with Crippen molar-refractivity contribution in [3.8, 4) is 11.5 Å². The van der Waals surface area contributed by atoms with Gasteiger partial charge in [-0.1, -0.05) is 0 Å². The maximum absolute atomic E-state index is 12.6. The van der Waals surface area contributed by atoms with Gasteiger partial charge in [0.1, 0.15) is 16.9 Å². The van der Waals surface area contributed by atoms with Crippen molar-refractivity contribution in [2.45, 2.75) is 43.9 Å². The minimum atomic E-state index is -0.195. The fourth-order valence-electron chi connectivity index (χ4n) is 2.79. The number of hydrogen-bond donors (Lipinski definition) is 1. The Morgan fingerprint density at radius 3 is 2.64 bits per heavy atom. The zero-order valence-corrected chi connectivity index (χ0v) is 16.2. The van der Waals surface area contributed by atoms with Crippen molar-refractivity contribution >= 4 is 23.6 Å². The maximum atomic E-state index is 12.6. The number of rotatable bonds is 7. The molecule has 0 unspecified atom stereocenters. The lowest BCUT2D eigenvalue weighted by atomic mass is 10.1. The molecule has 138 valence electrons. The number of amides is 2. The van der Waals surface area contributed by atoms with Crippen molar-refractivity contribution in [3.05, 3.63) is 23.8 Å². The minimum Gasteiger partial charge on any atom is -0.497 e. The second kappa shape index (κ2) is 8.47. The van der Waals surface area contributed by atoms with Crippen LogP contribution in [0.4, 0.5) is 0 Å². The first kappa shape index (κ1) is 19.4. The standard InChI is InChI=1S/C18H26N2O4S/c1-11(2)19-16(21)8-9-20-17(22)12(3)25-18(20)14-10-13(23-4)6-7-15(14)24-5/h6-7,10-12,18H,8-9H2,1-5H3,(H,19,21)/t12-,18+/m1/s1. The molecule has 0 saturated carbocycles. The third-order valence-corrected chi connectivity index (χ3v) is 5.36. The highest BCUT2D eigenvalue weighted by molar-refractivity contribution is 8.01. The van der Waals surface area contributed by atoms with E-state index < -0.39 is 0 Å². The average Bonchev–Trinajstić information content (AvgIpc) is 2.86. The Kier molecular flexibility index (Phi) is 6.58. The summed E-state index contributed by atoms with van der Waals surface area (Å²) >= 11 is 1.56. The summed E-state index contributed by atoms with van der Waals surface area (Å²) in [4.78, 5) is 26.3. The molecule has 2 rings (SSSR count). The maximum Gasteiger partial charge on any atom is 0.236 e. The van der Waals surface area contributed by atoms with E-state index in [9.17, 15) is 9.59 Å². The molecule has 1 saturated heterocycles. The fourth-order valence-corrected chi connectivity index (χ4v) is 4.12. The molecule has 1 aromatic carbocycles. The number of nitrogens with zero attached hydrogens (tertiary/aromatic N) is 1. The van der Waals surface area contributed by atoms with E-state index in [1.807, 2.05) is 39.0 Å². The molecule has 2 atom stereocenters. The molecule has 0 radical (unpaired) electrons. The van der Waals surface area contributed by atoms with Crippen LogP contribution in [0, 0.1) is 0 Å². The molecule has 0 aliphatic carbocycles. The van der Waals surface area contributed by atoms with Gasteiger partial charge in [0.25, 0.3) is 0 Å². The van der Waals surface area contributed by atoms with Crippen LogP contribution in [0.3, 0.4) is 0 Å². The predicted octanol–water partition coefficient (Wildman–Crippen LogP) is 2.58. The van der Waals surface area contributed by atoms with E-state index in [0.717, 1.165) is 5.56 Å². The topological polar surface area (TPSA) is 67.9 Å². The van der Waals surface area contributed by atoms with Gasteiger partial charge in [-0.25, -0.2) is 0 Å². The monoisotopic (exact) mass is 366 g/mol. The first-order chi connectivity index (χ1) is 11.9. The second-order valence-corrected chi connectivity index (χ2v) is 7.67. The lowest BCUT2D eigenvalue weighted by Gasteiger charge is -2.25. The van der Waals surface area contributed by atoms with E-state index in [1.54, 1.807) is 30.9 Å². The van der Waals surface area contributed by atoms with E-state index in [1.165, 1.54) is 0 Å². The number of hydrogen-bond acceptors (Lipinski definition) is 5. The number of methoxy groups -OCH3 is 2. The molecular formula is C18H26N2O4S. The molecule has 0 aromatic heterocycles. The average molecular weight is 366 g/mol. The third-order valence-electron chi connectivity index (χ3n) is 3.98. The highest BCUT2D eigenvalue weighted by Gasteiger charge is 2.39. The van der Waals surface area contributed by atoms with E-state index >= 15 is 0 Å². The lowest BCUT2D eigenvalue weighted by Crippen LogP contribution is -2.36. The number of carbonyl (C=O) groups excluding carboxylic acids is 2. The first-order valence-electron chi connectivity index (χ1n) is 8.34. The van der Waals surface area contributed by atoms with E-state index in [-0.39, 0.29) is 34.9 Å². The molecule has 1 heterocycles. The van der Waals surface area contributed by atoms with Gasteiger partial charge in [-0.15, -0.1) is 11.8 Å². The zero-order valence-electron chi connectivity index (χ0n) is 15.4. The van der Waals surface area contributed by atoms with Gasteiger partial charge in [-0.05, 0) is 39.0 Å². The Bertz CT molecular complexity index is 636. The molecule has 7 heteroatoms. The Morgan fingerprint density at radius 2 is 2.04 bits per heavy atom. The van der Waals surface area contributed by atoms with Crippen molar-refractivity contribution < 1.29 is 19.1 Å². The molecule has 1 N–H and O–H groups in total. The fraction of sp³-hybridized carbons (Fsp3) is 0.556. The summed E-state index contributed by atoms with van der Waals surface area (Å²) in [6.07, 6.45) is 0.278. The number of ether oxygens (including phenoxy) is 2. The van der Waals surface area contributed by atoms with E-state index in [4.69, 9.17) is 9.47 Å². The number of carbonyl (C=O) groups is 2. The highest BCUT2D eigenvalue weighted by Crippen LogP contribution is 2.46. The smallest absolute Gasteiger partial charge is 0.236 e. The summed E-state index contributed by atoms with van der Waals surface area (Å²) in [5.41, 5.74) is 0.883. The van der Waals surface area contributed by atoms with E-state index in [0.29, 0.717) is 18.0 Å². The van der Waals surface area contributed by atoms with Crippen LogP contribution in [0.15, 0.2) is 18.2 Å². The molecule has 1 aliphatic rings. The summed E-state index contributed by atoms with van der Waals surface area (Å²) < 4.78 is 10.8. The molecule has 0 spiro atoms. The quantitative estimate of drug-likeness (QED) is 0.803. The van der Waals surface area contributed by atoms with Crippen LogP contribution >= 0.6 is 11.8 Å². The predicted molar refractivity (Wildman–Crippen MR) is 98.9 cm³/mol. The van der Waals surface area contributed by atoms with Crippen molar-refractivity contribution in [1.29, 1.82) is 0 Å². The van der Waals surface area contributed by atoms with Crippen molar-refractivity contribution in [3.63, 3.8) is 0 Å². The van der Waals surface area contributed by atoms with Crippen LogP contribution in [-0.4, -0.2) is 48.8 Å². The van der Waals surface area contributed by atoms with Crippen LogP contribution in [0.5, 0.6) is 11.5 Å². The third kappa shape index (κ3) is 4.60. The van der Waals surface area contributed by atoms with Crippen molar-refractivity contribution in [1.82, 2.24) is 10.2 Å². The molecule has 0 bridgehead atoms. The van der Waals surface area contributed by atoms with Gasteiger partial charge in [-0.2, -0.15) is 0 Å². The van der Waals surface area contributed by atoms with Gasteiger partial charge in [0, 0.05) is 24.6 Å². The zero-order chi connectivity index (χ0) is 18.6. The molecular weight excluding hydrogens is 340 g/mol. The summed E-state index contributed by atoms with van der Waals surface area (Å²) in [6, 6.07) is 5.65. The number of nitrogens with one attached hydrogen (secondary N) is 1. The lowest BCUT2D eigenvalue weighted by molar-refractivity contribution is -0.130. The summed E-state index contributed by atoms with van der Waals surface area (Å²) in [7, 11) is 3.21. The largest absolute Gasteiger partial charge is 0.497 e. The SMILES string of the molecule is COc1ccc(OC)c([C@@H]2S[C@H](C)C(=O)N2CCC(=O)NC(C)C)c1. The van der Waals surface area contributed by atoms with Crippen LogP contribution in [0.1, 0.15) is 38.1 Å². The first-order valence-corrected chi connectivity index (χ1v) is 9.28. The molecule has 1 aliphatic heterocycles. The van der Waals surface area contributed by atoms with Gasteiger partial charge < -0.3 is 19.7 Å². The summed E-state index contributed by atoms with van der Waals surface area (Å²) in [6.45, 7) is 6.10. The number of thioether (sulfide) groups is 1. The van der Waals surface area contributed by atoms with Crippen molar-refractivity contribution in [2.24, 2.45) is 0 Å². The molecule has 2 amide bonds. The van der Waals surface area contributed by atoms with Gasteiger partial charge in [0.05, 0.1) is 19.5 Å². The van der Waals surface area contributed by atoms with Gasteiger partial charge in [0.15, 0.2) is 0 Å². The van der Waals surface area contributed by atoms with Gasteiger partial charge in [0.2, 0.25) is 11.8 Å². The van der Waals surface area contributed by atoms with Gasteiger partial charge in [-0.3, -0.25) is 9.59 Å². The Morgan fingerprint density at radius 1 is 1.32 bits per heavy atom. The van der Waals surface area contributed by atoms with Crippen LogP contribution < -0.4 is 14.8 Å². The van der Waals surface area contributed by atoms with Crippen LogP contribution in [-0.2, 0) is 9.59 Å². The molecule has 1 aromatic rings. The molecule has 25 heavy (non-hydrogen) atoms.